The predicted octanol–water partition coefficient (Wildman–Crippen LogP) is 1.40. The lowest BCUT2D eigenvalue weighted by Gasteiger charge is -2.36. The predicted molar refractivity (Wildman–Crippen MR) is 110 cm³/mol. The van der Waals surface area contributed by atoms with E-state index >= 15 is 0 Å². The molecule has 162 valence electrons. The first-order chi connectivity index (χ1) is 14.3. The maximum atomic E-state index is 13.1. The van der Waals surface area contributed by atoms with Crippen LogP contribution in [0.1, 0.15) is 39.0 Å². The van der Waals surface area contributed by atoms with Crippen molar-refractivity contribution >= 4 is 29.4 Å². The number of imide groups is 1. The second kappa shape index (κ2) is 8.73. The van der Waals surface area contributed by atoms with Gasteiger partial charge in [0.1, 0.15) is 17.8 Å². The summed E-state index contributed by atoms with van der Waals surface area (Å²) >= 11 is 0. The van der Waals surface area contributed by atoms with Crippen LogP contribution in [0.4, 0.5) is 10.5 Å². The zero-order valence-corrected chi connectivity index (χ0v) is 17.3. The van der Waals surface area contributed by atoms with Crippen LogP contribution in [0.2, 0.25) is 0 Å². The maximum Gasteiger partial charge on any atom is 0.325 e. The van der Waals surface area contributed by atoms with Crippen molar-refractivity contribution < 1.29 is 23.9 Å². The molecule has 1 saturated carbocycles. The van der Waals surface area contributed by atoms with Gasteiger partial charge in [-0.3, -0.25) is 19.3 Å². The molecule has 2 atom stereocenters. The van der Waals surface area contributed by atoms with Crippen molar-refractivity contribution in [2.75, 3.05) is 25.1 Å². The zero-order valence-electron chi connectivity index (χ0n) is 17.3. The Hall–Kier alpha value is -3.10. The number of carbonyl (C=O) groups excluding carboxylic acids is 4. The molecule has 3 N–H and O–H groups in total. The van der Waals surface area contributed by atoms with E-state index in [9.17, 15) is 19.2 Å². The van der Waals surface area contributed by atoms with Crippen LogP contribution in [0.25, 0.3) is 0 Å². The molecule has 1 saturated heterocycles. The number of nitrogens with one attached hydrogen (secondary N) is 1. The summed E-state index contributed by atoms with van der Waals surface area (Å²) in [4.78, 5) is 52.4. The lowest BCUT2D eigenvalue weighted by molar-refractivity contribution is -0.136. The van der Waals surface area contributed by atoms with E-state index in [1.54, 1.807) is 24.3 Å². The molecule has 9 heteroatoms. The van der Waals surface area contributed by atoms with E-state index in [4.69, 9.17) is 10.5 Å². The SMILES string of the molecule is COc1ccc(N(CCC(N)=O)C(=O)CN2C(=O)NC3(CCCCC3C)C2=O)cc1. The summed E-state index contributed by atoms with van der Waals surface area (Å²) < 4.78 is 5.13. The molecule has 9 nitrogen and oxygen atoms in total. The maximum absolute atomic E-state index is 13.1. The molecule has 5 amide bonds. The summed E-state index contributed by atoms with van der Waals surface area (Å²) in [5.74, 6) is -0.743. The van der Waals surface area contributed by atoms with Gasteiger partial charge in [-0.05, 0) is 43.0 Å². The number of hydrogen-bond acceptors (Lipinski definition) is 5. The van der Waals surface area contributed by atoms with Crippen LogP contribution in [0.15, 0.2) is 24.3 Å². The van der Waals surface area contributed by atoms with E-state index in [1.165, 1.54) is 12.0 Å². The fraction of sp³-hybridized carbons (Fsp3) is 0.524. The number of methoxy groups -OCH3 is 1. The smallest absolute Gasteiger partial charge is 0.325 e. The highest BCUT2D eigenvalue weighted by molar-refractivity contribution is 6.10. The largest absolute Gasteiger partial charge is 0.497 e. The number of primary amides is 1. The fourth-order valence-corrected chi connectivity index (χ4v) is 4.24. The van der Waals surface area contributed by atoms with Crippen molar-refractivity contribution in [1.82, 2.24) is 10.2 Å². The van der Waals surface area contributed by atoms with E-state index in [0.717, 1.165) is 24.2 Å². The van der Waals surface area contributed by atoms with Crippen molar-refractivity contribution in [2.24, 2.45) is 11.7 Å². The standard InChI is InChI=1S/C21H28N4O5/c1-14-5-3-4-11-21(14)19(28)25(20(29)23-21)13-18(27)24(12-10-17(22)26)15-6-8-16(30-2)9-7-15/h6-9,14H,3-5,10-13H2,1-2H3,(H2,22,26)(H,23,29). The van der Waals surface area contributed by atoms with E-state index in [-0.39, 0.29) is 24.8 Å². The summed E-state index contributed by atoms with van der Waals surface area (Å²) in [5, 5.41) is 2.84. The van der Waals surface area contributed by atoms with Crippen molar-refractivity contribution in [3.63, 3.8) is 0 Å². The lowest BCUT2D eigenvalue weighted by Crippen LogP contribution is -2.54. The minimum atomic E-state index is -0.923. The molecule has 1 aromatic rings. The number of ether oxygens (including phenoxy) is 1. The number of urea groups is 1. The third kappa shape index (κ3) is 4.10. The van der Waals surface area contributed by atoms with Crippen LogP contribution in [-0.4, -0.2) is 54.4 Å². The third-order valence-corrected chi connectivity index (χ3v) is 6.06. The van der Waals surface area contributed by atoms with Crippen LogP contribution >= 0.6 is 0 Å². The van der Waals surface area contributed by atoms with Gasteiger partial charge < -0.3 is 20.7 Å². The lowest BCUT2D eigenvalue weighted by atomic mass is 9.73. The third-order valence-electron chi connectivity index (χ3n) is 6.06. The Morgan fingerprint density at radius 1 is 1.27 bits per heavy atom. The van der Waals surface area contributed by atoms with E-state index in [2.05, 4.69) is 5.32 Å². The molecule has 2 aliphatic rings. The minimum absolute atomic E-state index is 0.00959. The molecular weight excluding hydrogens is 388 g/mol. The Morgan fingerprint density at radius 3 is 2.57 bits per heavy atom. The summed E-state index contributed by atoms with van der Waals surface area (Å²) in [6.45, 7) is 1.61. The van der Waals surface area contributed by atoms with Gasteiger partial charge in [-0.25, -0.2) is 4.79 Å². The van der Waals surface area contributed by atoms with E-state index in [1.807, 2.05) is 6.92 Å². The van der Waals surface area contributed by atoms with Gasteiger partial charge in [0, 0.05) is 18.7 Å². The first-order valence-corrected chi connectivity index (χ1v) is 10.2. The number of benzene rings is 1. The van der Waals surface area contributed by atoms with Crippen LogP contribution in [0, 0.1) is 5.92 Å². The molecule has 2 fully saturated rings. The molecule has 0 aromatic heterocycles. The molecule has 1 heterocycles. The fourth-order valence-electron chi connectivity index (χ4n) is 4.24. The minimum Gasteiger partial charge on any atom is -0.497 e. The van der Waals surface area contributed by atoms with Crippen LogP contribution in [0.5, 0.6) is 5.75 Å². The molecule has 0 bridgehead atoms. The molecule has 30 heavy (non-hydrogen) atoms. The quantitative estimate of drug-likeness (QED) is 0.651. The molecule has 1 aliphatic carbocycles. The average Bonchev–Trinajstić information content (AvgIpc) is 2.95. The second-order valence-electron chi connectivity index (χ2n) is 7.90. The van der Waals surface area contributed by atoms with Gasteiger partial charge >= 0.3 is 6.03 Å². The van der Waals surface area contributed by atoms with Gasteiger partial charge in [-0.2, -0.15) is 0 Å². The summed E-state index contributed by atoms with van der Waals surface area (Å²) in [6, 6.07) is 6.17. The van der Waals surface area contributed by atoms with Gasteiger partial charge in [0.15, 0.2) is 0 Å². The Bertz CT molecular complexity index is 840. The number of hydrogen-bond donors (Lipinski definition) is 2. The second-order valence-corrected chi connectivity index (χ2v) is 7.90. The molecule has 2 unspecified atom stereocenters. The zero-order chi connectivity index (χ0) is 21.9. The van der Waals surface area contributed by atoms with Crippen molar-refractivity contribution in [2.45, 2.75) is 44.6 Å². The van der Waals surface area contributed by atoms with E-state index in [0.29, 0.717) is 17.9 Å². The average molecular weight is 416 g/mol. The van der Waals surface area contributed by atoms with Gasteiger partial charge in [0.2, 0.25) is 11.8 Å². The highest BCUT2D eigenvalue weighted by Crippen LogP contribution is 2.38. The normalized spacial score (nSPS) is 23.4. The highest BCUT2D eigenvalue weighted by Gasteiger charge is 2.55. The number of rotatable bonds is 7. The van der Waals surface area contributed by atoms with Crippen LogP contribution in [-0.2, 0) is 14.4 Å². The topological polar surface area (TPSA) is 122 Å². The van der Waals surface area contributed by atoms with Crippen molar-refractivity contribution in [3.8, 4) is 5.75 Å². The number of amides is 5. The molecule has 1 spiro atoms. The number of anilines is 1. The number of nitrogens with zero attached hydrogens (tertiary/aromatic N) is 2. The Morgan fingerprint density at radius 2 is 1.97 bits per heavy atom. The number of carbonyl (C=O) groups is 4. The van der Waals surface area contributed by atoms with Gasteiger partial charge in [0.25, 0.3) is 5.91 Å². The summed E-state index contributed by atoms with van der Waals surface area (Å²) in [5.41, 5.74) is 4.86. The first-order valence-electron chi connectivity index (χ1n) is 10.2. The molecule has 3 rings (SSSR count). The highest BCUT2D eigenvalue weighted by atomic mass is 16.5. The Kier molecular flexibility index (Phi) is 6.28. The van der Waals surface area contributed by atoms with Gasteiger partial charge in [-0.15, -0.1) is 0 Å². The summed E-state index contributed by atoms with van der Waals surface area (Å²) in [6.07, 6.45) is 3.26. The monoisotopic (exact) mass is 416 g/mol. The Labute approximate surface area is 175 Å². The molecule has 1 aromatic carbocycles. The molecular formula is C21H28N4O5. The first kappa shape index (κ1) is 21.6. The molecule has 0 radical (unpaired) electrons. The van der Waals surface area contributed by atoms with Gasteiger partial charge in [-0.1, -0.05) is 19.8 Å². The van der Waals surface area contributed by atoms with Crippen molar-refractivity contribution in [3.05, 3.63) is 24.3 Å². The Balaban J connectivity index is 1.79. The number of nitrogens with two attached hydrogens (primary N) is 1. The summed E-state index contributed by atoms with van der Waals surface area (Å²) in [7, 11) is 1.53. The van der Waals surface area contributed by atoms with Gasteiger partial charge in [0.05, 0.1) is 7.11 Å². The van der Waals surface area contributed by atoms with Crippen molar-refractivity contribution in [1.29, 1.82) is 0 Å². The molecule has 1 aliphatic heterocycles. The van der Waals surface area contributed by atoms with Crippen LogP contribution < -0.4 is 20.7 Å². The van der Waals surface area contributed by atoms with E-state index < -0.39 is 29.9 Å². The van der Waals surface area contributed by atoms with Crippen LogP contribution in [0.3, 0.4) is 0 Å².